The number of halogens is 3. The van der Waals surface area contributed by atoms with Crippen molar-refractivity contribution in [2.75, 3.05) is 0 Å². The smallest absolute Gasteiger partial charge is 0.307 e. The highest BCUT2D eigenvalue weighted by molar-refractivity contribution is 5.31. The Kier molecular flexibility index (Phi) is 3.90. The fraction of sp³-hybridized carbons (Fsp3) is 0.733. The normalized spacial score (nSPS) is 25.9. The predicted molar refractivity (Wildman–Crippen MR) is 72.6 cm³/mol. The third-order valence-electron chi connectivity index (χ3n) is 4.70. The van der Waals surface area contributed by atoms with Crippen LogP contribution in [0.2, 0.25) is 0 Å². The number of nitrogens with one attached hydrogen (secondary N) is 1. The molecule has 1 saturated carbocycles. The van der Waals surface area contributed by atoms with Crippen molar-refractivity contribution in [1.82, 2.24) is 15.3 Å². The summed E-state index contributed by atoms with van der Waals surface area (Å²) in [4.78, 5) is 8.38. The van der Waals surface area contributed by atoms with Gasteiger partial charge in [-0.1, -0.05) is 26.2 Å². The summed E-state index contributed by atoms with van der Waals surface area (Å²) in [5.41, 5.74) is 0.0335. The molecule has 1 N–H and O–H groups in total. The molecule has 0 spiro atoms. The van der Waals surface area contributed by atoms with Crippen LogP contribution in [0.5, 0.6) is 0 Å². The molecule has 1 aliphatic heterocycles. The number of fused-ring (bicyclic) bond motifs is 1. The molecule has 6 heteroatoms. The van der Waals surface area contributed by atoms with E-state index in [4.69, 9.17) is 0 Å². The molecule has 1 fully saturated rings. The van der Waals surface area contributed by atoms with Gasteiger partial charge in [0.2, 0.25) is 0 Å². The molecule has 0 saturated heterocycles. The fourth-order valence-corrected chi connectivity index (χ4v) is 3.50. The maximum atomic E-state index is 13.2. The van der Waals surface area contributed by atoms with Crippen LogP contribution in [0.3, 0.4) is 0 Å². The van der Waals surface area contributed by atoms with Crippen LogP contribution in [0.1, 0.15) is 67.7 Å². The van der Waals surface area contributed by atoms with E-state index < -0.39 is 11.9 Å². The highest BCUT2D eigenvalue weighted by atomic mass is 19.4. The van der Waals surface area contributed by atoms with Crippen molar-refractivity contribution in [2.45, 2.75) is 64.2 Å². The van der Waals surface area contributed by atoms with Gasteiger partial charge >= 0.3 is 6.18 Å². The molecule has 116 valence electrons. The number of nitrogens with zero attached hydrogens (tertiary/aromatic N) is 2. The van der Waals surface area contributed by atoms with E-state index in [1.165, 1.54) is 6.42 Å². The summed E-state index contributed by atoms with van der Waals surface area (Å²) in [6.45, 7) is 2.77. The summed E-state index contributed by atoms with van der Waals surface area (Å²) in [7, 11) is 0. The number of rotatable bonds is 2. The van der Waals surface area contributed by atoms with Crippen LogP contribution in [-0.4, -0.2) is 9.97 Å². The Balaban J connectivity index is 1.96. The molecule has 3 rings (SSSR count). The lowest BCUT2D eigenvalue weighted by atomic mass is 9.79. The van der Waals surface area contributed by atoms with E-state index in [2.05, 4.69) is 22.2 Å². The van der Waals surface area contributed by atoms with Crippen molar-refractivity contribution >= 4 is 0 Å². The average Bonchev–Trinajstić information content (AvgIpc) is 2.93. The van der Waals surface area contributed by atoms with Gasteiger partial charge in [0.15, 0.2) is 5.69 Å². The highest BCUT2D eigenvalue weighted by Crippen LogP contribution is 2.39. The largest absolute Gasteiger partial charge is 0.433 e. The van der Waals surface area contributed by atoms with Gasteiger partial charge < -0.3 is 5.32 Å². The van der Waals surface area contributed by atoms with Crippen molar-refractivity contribution in [3.8, 4) is 0 Å². The first kappa shape index (κ1) is 14.8. The fourth-order valence-electron chi connectivity index (χ4n) is 3.50. The van der Waals surface area contributed by atoms with Gasteiger partial charge in [-0.15, -0.1) is 0 Å². The van der Waals surface area contributed by atoms with Gasteiger partial charge in [-0.3, -0.25) is 0 Å². The molecule has 0 aromatic carbocycles. The summed E-state index contributed by atoms with van der Waals surface area (Å²) < 4.78 is 39.6. The second-order valence-electron chi connectivity index (χ2n) is 6.09. The van der Waals surface area contributed by atoms with Gasteiger partial charge in [0, 0.05) is 24.6 Å². The highest BCUT2D eigenvalue weighted by Gasteiger charge is 2.39. The first-order valence-electron chi connectivity index (χ1n) is 7.66. The van der Waals surface area contributed by atoms with E-state index in [0.717, 1.165) is 25.7 Å². The standard InChI is InChI=1S/C15H20F3N3/c1-2-9-4-3-5-10(6-9)14-20-12-8-19-7-11(12)13(21-14)15(16,17)18/h9-10,19H,2-8H2,1H3. The van der Waals surface area contributed by atoms with E-state index in [9.17, 15) is 13.2 Å². The van der Waals surface area contributed by atoms with E-state index in [1.807, 2.05) is 0 Å². The Bertz CT molecular complexity index is 528. The van der Waals surface area contributed by atoms with Crippen molar-refractivity contribution in [3.05, 3.63) is 22.8 Å². The molecular weight excluding hydrogens is 279 g/mol. The zero-order valence-corrected chi connectivity index (χ0v) is 12.1. The number of hydrogen-bond donors (Lipinski definition) is 1. The maximum Gasteiger partial charge on any atom is 0.433 e. The van der Waals surface area contributed by atoms with E-state index in [0.29, 0.717) is 24.0 Å². The first-order chi connectivity index (χ1) is 9.99. The Labute approximate surface area is 122 Å². The lowest BCUT2D eigenvalue weighted by Gasteiger charge is -2.28. The van der Waals surface area contributed by atoms with Crippen LogP contribution in [0.25, 0.3) is 0 Å². The van der Waals surface area contributed by atoms with Crippen LogP contribution < -0.4 is 5.32 Å². The number of hydrogen-bond acceptors (Lipinski definition) is 3. The molecule has 0 amide bonds. The van der Waals surface area contributed by atoms with Crippen molar-refractivity contribution in [3.63, 3.8) is 0 Å². The second-order valence-corrected chi connectivity index (χ2v) is 6.09. The predicted octanol–water partition coefficient (Wildman–Crippen LogP) is 3.78. The maximum absolute atomic E-state index is 13.2. The molecule has 0 radical (unpaired) electrons. The summed E-state index contributed by atoms with van der Waals surface area (Å²) >= 11 is 0. The monoisotopic (exact) mass is 299 g/mol. The van der Waals surface area contributed by atoms with Crippen molar-refractivity contribution in [2.24, 2.45) is 5.92 Å². The van der Waals surface area contributed by atoms with Crippen LogP contribution >= 0.6 is 0 Å². The molecule has 2 unspecified atom stereocenters. The number of alkyl halides is 3. The first-order valence-corrected chi connectivity index (χ1v) is 7.66. The van der Waals surface area contributed by atoms with Gasteiger partial charge in [0.25, 0.3) is 0 Å². The second kappa shape index (κ2) is 5.55. The van der Waals surface area contributed by atoms with E-state index in [-0.39, 0.29) is 18.0 Å². The summed E-state index contributed by atoms with van der Waals surface area (Å²) in [6.07, 6.45) is 0.733. The SMILES string of the molecule is CCC1CCCC(c2nc3c(c(C(F)(F)F)n2)CNC3)C1. The van der Waals surface area contributed by atoms with E-state index in [1.54, 1.807) is 0 Å². The lowest BCUT2D eigenvalue weighted by Crippen LogP contribution is -2.20. The molecule has 21 heavy (non-hydrogen) atoms. The Morgan fingerprint density at radius 1 is 1.19 bits per heavy atom. The minimum atomic E-state index is -4.40. The van der Waals surface area contributed by atoms with Gasteiger partial charge in [-0.25, -0.2) is 9.97 Å². The van der Waals surface area contributed by atoms with E-state index >= 15 is 0 Å². The van der Waals surface area contributed by atoms with Crippen molar-refractivity contribution < 1.29 is 13.2 Å². The van der Waals surface area contributed by atoms with Gasteiger partial charge in [-0.05, 0) is 18.8 Å². The van der Waals surface area contributed by atoms with Crippen LogP contribution in [0, 0.1) is 5.92 Å². The molecule has 3 nitrogen and oxygen atoms in total. The van der Waals surface area contributed by atoms with Crippen molar-refractivity contribution in [1.29, 1.82) is 0 Å². The molecule has 2 aliphatic rings. The molecule has 1 aromatic rings. The van der Waals surface area contributed by atoms with Gasteiger partial charge in [0.05, 0.1) is 5.69 Å². The average molecular weight is 299 g/mol. The Hall–Kier alpha value is -1.17. The molecule has 1 aliphatic carbocycles. The zero-order chi connectivity index (χ0) is 15.0. The summed E-state index contributed by atoms with van der Waals surface area (Å²) in [5.74, 6) is 1.08. The van der Waals surface area contributed by atoms with Crippen LogP contribution in [0.4, 0.5) is 13.2 Å². The minimum absolute atomic E-state index is 0.0794. The summed E-state index contributed by atoms with van der Waals surface area (Å²) in [5, 5.41) is 2.95. The Morgan fingerprint density at radius 2 is 2.00 bits per heavy atom. The molecule has 2 atom stereocenters. The van der Waals surface area contributed by atoms with Crippen LogP contribution in [-0.2, 0) is 19.3 Å². The number of aromatic nitrogens is 2. The third kappa shape index (κ3) is 2.91. The summed E-state index contributed by atoms with van der Waals surface area (Å²) in [6, 6.07) is 0. The molecule has 0 bridgehead atoms. The lowest BCUT2D eigenvalue weighted by molar-refractivity contribution is -0.142. The Morgan fingerprint density at radius 3 is 2.71 bits per heavy atom. The molecule has 1 aromatic heterocycles. The minimum Gasteiger partial charge on any atom is -0.307 e. The van der Waals surface area contributed by atoms with Gasteiger partial charge in [-0.2, -0.15) is 13.2 Å². The topological polar surface area (TPSA) is 37.8 Å². The van der Waals surface area contributed by atoms with Crippen LogP contribution in [0.15, 0.2) is 0 Å². The quantitative estimate of drug-likeness (QED) is 0.903. The third-order valence-corrected chi connectivity index (χ3v) is 4.70. The zero-order valence-electron chi connectivity index (χ0n) is 12.1. The molecular formula is C15H20F3N3. The molecule has 2 heterocycles. The van der Waals surface area contributed by atoms with Gasteiger partial charge in [0.1, 0.15) is 5.82 Å².